The maximum atomic E-state index is 14.1. The second-order valence-corrected chi connectivity index (χ2v) is 11.0. The summed E-state index contributed by atoms with van der Waals surface area (Å²) >= 11 is 0. The number of rotatable bonds is 4. The number of amides is 1. The normalized spacial score (nSPS) is 17.9. The summed E-state index contributed by atoms with van der Waals surface area (Å²) in [6.45, 7) is 7.18. The number of nitrogens with one attached hydrogen (secondary N) is 1. The number of aromatic nitrogens is 2. The third-order valence-corrected chi connectivity index (χ3v) is 6.81. The molecule has 2 aliphatic carbocycles. The molecule has 0 saturated heterocycles. The van der Waals surface area contributed by atoms with Crippen molar-refractivity contribution in [1.82, 2.24) is 15.3 Å². The first-order chi connectivity index (χ1) is 17.9. The fourth-order valence-electron chi connectivity index (χ4n) is 5.07. The largest absolute Gasteiger partial charge is 0.444 e. The molecule has 1 aromatic carbocycles. The molecule has 5 rings (SSSR count). The van der Waals surface area contributed by atoms with Crippen molar-refractivity contribution < 1.29 is 18.3 Å². The van der Waals surface area contributed by atoms with Gasteiger partial charge < -0.3 is 10.1 Å². The highest BCUT2D eigenvalue weighted by atomic mass is 19.3. The lowest BCUT2D eigenvalue weighted by Gasteiger charge is -2.48. The number of ether oxygens (including phenoxy) is 1. The van der Waals surface area contributed by atoms with Gasteiger partial charge in [-0.2, -0.15) is 0 Å². The predicted molar refractivity (Wildman–Crippen MR) is 146 cm³/mol. The van der Waals surface area contributed by atoms with Crippen molar-refractivity contribution in [2.45, 2.75) is 64.0 Å². The second kappa shape index (κ2) is 9.46. The van der Waals surface area contributed by atoms with Crippen LogP contribution in [0.25, 0.3) is 27.7 Å². The summed E-state index contributed by atoms with van der Waals surface area (Å²) in [5.74, 6) is -2.85. The van der Waals surface area contributed by atoms with Crippen molar-refractivity contribution in [3.8, 4) is 11.3 Å². The molecule has 0 atom stereocenters. The fourth-order valence-corrected chi connectivity index (χ4v) is 5.07. The van der Waals surface area contributed by atoms with Crippen LogP contribution in [0.3, 0.4) is 0 Å². The number of hydrogen-bond acceptors (Lipinski definition) is 4. The number of carbonyl (C=O) groups is 1. The molecule has 1 N–H and O–H groups in total. The maximum Gasteiger partial charge on any atom is 0.408 e. The van der Waals surface area contributed by atoms with Crippen molar-refractivity contribution in [3.63, 3.8) is 0 Å². The van der Waals surface area contributed by atoms with Crippen LogP contribution < -0.4 is 5.32 Å². The summed E-state index contributed by atoms with van der Waals surface area (Å²) in [5, 5.41) is 3.70. The van der Waals surface area contributed by atoms with E-state index < -0.39 is 36.0 Å². The molecule has 5 nitrogen and oxygen atoms in total. The lowest BCUT2D eigenvalue weighted by molar-refractivity contribution is -0.136. The van der Waals surface area contributed by atoms with E-state index in [-0.39, 0.29) is 0 Å². The van der Waals surface area contributed by atoms with Gasteiger partial charge in [-0.15, -0.1) is 0 Å². The molecule has 1 saturated carbocycles. The molecule has 2 aliphatic rings. The van der Waals surface area contributed by atoms with Crippen LogP contribution in [0.15, 0.2) is 73.0 Å². The van der Waals surface area contributed by atoms with Gasteiger partial charge in [0.2, 0.25) is 0 Å². The van der Waals surface area contributed by atoms with Crippen molar-refractivity contribution in [3.05, 3.63) is 89.8 Å². The number of nitrogens with zero attached hydrogens (tertiary/aromatic N) is 2. The van der Waals surface area contributed by atoms with Crippen LogP contribution in [0.1, 0.15) is 56.9 Å². The van der Waals surface area contributed by atoms with Gasteiger partial charge in [0.15, 0.2) is 0 Å². The Balaban J connectivity index is 1.55. The minimum Gasteiger partial charge on any atom is -0.444 e. The van der Waals surface area contributed by atoms with Gasteiger partial charge in [-0.25, -0.2) is 18.6 Å². The van der Waals surface area contributed by atoms with E-state index in [1.54, 1.807) is 39.1 Å². The molecule has 1 amide bonds. The van der Waals surface area contributed by atoms with Crippen LogP contribution in [0.4, 0.5) is 13.6 Å². The molecule has 38 heavy (non-hydrogen) atoms. The number of fused-ring (bicyclic) bond motifs is 1. The van der Waals surface area contributed by atoms with E-state index in [4.69, 9.17) is 9.72 Å². The Hall–Kier alpha value is -3.87. The van der Waals surface area contributed by atoms with Crippen LogP contribution in [0, 0.1) is 6.92 Å². The van der Waals surface area contributed by atoms with Gasteiger partial charge in [0.25, 0.3) is 5.92 Å². The molecule has 0 spiro atoms. The van der Waals surface area contributed by atoms with Gasteiger partial charge >= 0.3 is 6.09 Å². The number of halogens is 2. The number of pyridine rings is 2. The monoisotopic (exact) mass is 515 g/mol. The molecular weight excluding hydrogens is 484 g/mol. The quantitative estimate of drug-likeness (QED) is 0.388. The van der Waals surface area contributed by atoms with Gasteiger partial charge in [0.1, 0.15) is 5.60 Å². The van der Waals surface area contributed by atoms with Crippen LogP contribution in [-0.2, 0) is 10.3 Å². The molecule has 0 radical (unpaired) electrons. The number of aryl methyl sites for hydroxylation is 1. The molecule has 0 unspecified atom stereocenters. The highest BCUT2D eigenvalue weighted by Crippen LogP contribution is 2.52. The van der Waals surface area contributed by atoms with Crippen molar-refractivity contribution in [2.24, 2.45) is 0 Å². The Morgan fingerprint density at radius 3 is 2.50 bits per heavy atom. The third-order valence-electron chi connectivity index (χ3n) is 6.81. The summed E-state index contributed by atoms with van der Waals surface area (Å²) in [5.41, 5.74) is 4.03. The van der Waals surface area contributed by atoms with Gasteiger partial charge in [-0.1, -0.05) is 54.6 Å². The molecule has 2 heterocycles. The maximum absolute atomic E-state index is 14.1. The highest BCUT2D eigenvalue weighted by Gasteiger charge is 2.58. The summed E-state index contributed by atoms with van der Waals surface area (Å²) < 4.78 is 33.6. The van der Waals surface area contributed by atoms with Crippen LogP contribution in [0.5, 0.6) is 0 Å². The molecule has 7 heteroatoms. The minimum absolute atomic E-state index is 0.478. The second-order valence-electron chi connectivity index (χ2n) is 11.0. The number of allylic oxidation sites excluding steroid dienone is 6. The van der Waals surface area contributed by atoms with Crippen molar-refractivity contribution in [1.29, 1.82) is 0 Å². The average Bonchev–Trinajstić information content (AvgIpc) is 3.11. The van der Waals surface area contributed by atoms with Gasteiger partial charge in [0.05, 0.1) is 16.7 Å². The molecule has 2 aromatic heterocycles. The number of alkyl carbamates (subject to hydrolysis) is 1. The number of hydrogen-bond donors (Lipinski definition) is 1. The van der Waals surface area contributed by atoms with Crippen molar-refractivity contribution in [2.75, 3.05) is 0 Å². The number of alkyl halides is 2. The first-order valence-corrected chi connectivity index (χ1v) is 12.7. The van der Waals surface area contributed by atoms with Crippen LogP contribution in [0.2, 0.25) is 0 Å². The minimum atomic E-state index is -2.85. The van der Waals surface area contributed by atoms with E-state index >= 15 is 0 Å². The Kier molecular flexibility index (Phi) is 6.41. The Labute approximate surface area is 221 Å². The predicted octanol–water partition coefficient (Wildman–Crippen LogP) is 7.65. The van der Waals surface area contributed by atoms with E-state index in [9.17, 15) is 13.6 Å². The lowest BCUT2D eigenvalue weighted by atomic mass is 9.69. The number of benzene rings is 1. The summed E-state index contributed by atoms with van der Waals surface area (Å²) in [7, 11) is 0. The molecule has 0 aliphatic heterocycles. The van der Waals surface area contributed by atoms with E-state index in [1.165, 1.54) is 0 Å². The van der Waals surface area contributed by atoms with Gasteiger partial charge in [-0.3, -0.25) is 4.98 Å². The summed E-state index contributed by atoms with van der Waals surface area (Å²) in [4.78, 5) is 22.0. The standard InChI is InChI=1S/C31H31F2N3O2/c1-20-24-17-25(21-9-7-5-6-8-10-21)27(35-26(24)15-16-34-20)22-11-13-23(14-12-22)30(18-31(32,33)19-30)36-28(37)38-29(2,3)4/h5,7-17H,6,18-19H2,1-4H3,(H,36,37). The zero-order valence-corrected chi connectivity index (χ0v) is 22.0. The summed E-state index contributed by atoms with van der Waals surface area (Å²) in [6.07, 6.45) is 11.3. The van der Waals surface area contributed by atoms with Gasteiger partial charge in [0, 0.05) is 41.2 Å². The smallest absolute Gasteiger partial charge is 0.408 e. The molecule has 3 aromatic rings. The molecule has 196 valence electrons. The third kappa shape index (κ3) is 5.23. The van der Waals surface area contributed by atoms with Crippen LogP contribution in [-0.4, -0.2) is 27.6 Å². The zero-order chi connectivity index (χ0) is 27.1. The Morgan fingerprint density at radius 1 is 1.08 bits per heavy atom. The van der Waals surface area contributed by atoms with Gasteiger partial charge in [-0.05, 0) is 57.4 Å². The molecule has 1 fully saturated rings. The topological polar surface area (TPSA) is 64.1 Å². The molecular formula is C31H31F2N3O2. The lowest BCUT2D eigenvalue weighted by Crippen LogP contribution is -2.60. The van der Waals surface area contributed by atoms with E-state index in [2.05, 4.69) is 40.7 Å². The first-order valence-electron chi connectivity index (χ1n) is 12.7. The Bertz CT molecular complexity index is 1470. The first kappa shape index (κ1) is 25.8. The number of carbonyl (C=O) groups excluding carboxylic acids is 1. The average molecular weight is 516 g/mol. The highest BCUT2D eigenvalue weighted by molar-refractivity contribution is 5.93. The SMILES string of the molecule is Cc1nccc2nc(-c3ccc(C4(NC(=O)OC(C)(C)C)CC(F)(F)C4)cc3)c(C3=CC=CCC=C3)cc12. The van der Waals surface area contributed by atoms with E-state index in [0.29, 0.717) is 5.56 Å². The molecule has 0 bridgehead atoms. The summed E-state index contributed by atoms with van der Waals surface area (Å²) in [6, 6.07) is 11.4. The van der Waals surface area contributed by atoms with Crippen LogP contribution >= 0.6 is 0 Å². The zero-order valence-electron chi connectivity index (χ0n) is 22.0. The van der Waals surface area contributed by atoms with E-state index in [1.807, 2.05) is 31.2 Å². The Morgan fingerprint density at radius 2 is 1.82 bits per heavy atom. The van der Waals surface area contributed by atoms with E-state index in [0.717, 1.165) is 45.4 Å². The fraction of sp³-hybridized carbons (Fsp3) is 0.323. The van der Waals surface area contributed by atoms with Crippen molar-refractivity contribution >= 4 is 22.6 Å².